The quantitative estimate of drug-likeness (QED) is 0.197. The van der Waals surface area contributed by atoms with Crippen molar-refractivity contribution in [1.82, 2.24) is 16.0 Å². The van der Waals surface area contributed by atoms with Crippen molar-refractivity contribution in [3.05, 3.63) is 35.9 Å². The zero-order chi connectivity index (χ0) is 32.4. The third-order valence-electron chi connectivity index (χ3n) is 6.73. The van der Waals surface area contributed by atoms with Gasteiger partial charge in [-0.2, -0.15) is 0 Å². The average Bonchev–Trinajstić information content (AvgIpc) is 2.93. The molecule has 0 aromatic heterocycles. The van der Waals surface area contributed by atoms with Crippen molar-refractivity contribution in [3.63, 3.8) is 0 Å². The minimum atomic E-state index is -0.757. The number of carbonyl (C=O) groups is 5. The van der Waals surface area contributed by atoms with E-state index in [1.54, 1.807) is 0 Å². The standard InChI is InChI=1S/C21H32N2O4.C11H22N2O2.CH4/c1-6-15(4)19(20(25)22-18(16(5)24)12-14(2)3)23-21(26)27-13-17-10-8-7-9-11-17;1-7(2)5-9(6-14)13-11(15)10(12)8(3)4;/h7-11,14-15,18-19H,6,12-13H2,1-5H3,(H,22,25)(H,23,26);6-10H,5,12H2,1-4H3,(H,13,15);1H4/t15-,18-,19-;9-,10-;/m00./s1. The fourth-order valence-corrected chi connectivity index (χ4v) is 3.89. The molecular formula is C33H58N4O6. The van der Waals surface area contributed by atoms with Gasteiger partial charge in [-0.15, -0.1) is 0 Å². The summed E-state index contributed by atoms with van der Waals surface area (Å²) in [6.07, 6.45) is 2.03. The Bertz CT molecular complexity index is 967. The van der Waals surface area contributed by atoms with Crippen molar-refractivity contribution in [2.45, 2.75) is 120 Å². The highest BCUT2D eigenvalue weighted by molar-refractivity contribution is 5.91. The number of carbonyl (C=O) groups excluding carboxylic acids is 5. The Hall–Kier alpha value is -3.27. The van der Waals surface area contributed by atoms with Crippen LogP contribution in [0.4, 0.5) is 4.79 Å². The van der Waals surface area contributed by atoms with E-state index in [2.05, 4.69) is 16.0 Å². The Balaban J connectivity index is 0. The summed E-state index contributed by atoms with van der Waals surface area (Å²) in [6, 6.07) is 7.06. The summed E-state index contributed by atoms with van der Waals surface area (Å²) in [6.45, 7) is 17.2. The summed E-state index contributed by atoms with van der Waals surface area (Å²) in [7, 11) is 0. The summed E-state index contributed by atoms with van der Waals surface area (Å²) in [5.74, 6) is -0.0747. The number of rotatable bonds is 16. The first-order valence-corrected chi connectivity index (χ1v) is 14.9. The molecule has 0 aliphatic rings. The predicted octanol–water partition coefficient (Wildman–Crippen LogP) is 4.78. The van der Waals surface area contributed by atoms with Crippen LogP contribution in [0.3, 0.4) is 0 Å². The van der Waals surface area contributed by atoms with Crippen molar-refractivity contribution in [3.8, 4) is 0 Å². The second-order valence-corrected chi connectivity index (χ2v) is 12.0. The van der Waals surface area contributed by atoms with Crippen LogP contribution >= 0.6 is 0 Å². The smallest absolute Gasteiger partial charge is 0.408 e. The zero-order valence-electron chi connectivity index (χ0n) is 26.9. The van der Waals surface area contributed by atoms with Gasteiger partial charge in [0.1, 0.15) is 18.9 Å². The minimum absolute atomic E-state index is 0. The zero-order valence-corrected chi connectivity index (χ0v) is 26.9. The third kappa shape index (κ3) is 18.1. The van der Waals surface area contributed by atoms with Gasteiger partial charge in [-0.25, -0.2) is 4.79 Å². The SMILES string of the molecule is C.CC(C)C[C@@H](C=O)NC(=O)[C@@H](N)C(C)C.CC[C@H](C)[C@H](NC(=O)OCc1ccccc1)C(=O)N[C@@H](CC(C)C)C(C)=O. The number of hydrogen-bond donors (Lipinski definition) is 4. The average molecular weight is 607 g/mol. The molecule has 0 spiro atoms. The number of ether oxygens (including phenoxy) is 1. The topological polar surface area (TPSA) is 157 Å². The molecule has 1 aromatic carbocycles. The number of nitrogens with two attached hydrogens (primary N) is 1. The van der Waals surface area contributed by atoms with Gasteiger partial charge in [-0.05, 0) is 49.0 Å². The van der Waals surface area contributed by atoms with E-state index in [1.165, 1.54) is 6.92 Å². The third-order valence-corrected chi connectivity index (χ3v) is 6.73. The molecule has 3 amide bonds. The van der Waals surface area contributed by atoms with Gasteiger partial charge < -0.3 is 31.2 Å². The summed E-state index contributed by atoms with van der Waals surface area (Å²) >= 11 is 0. The highest BCUT2D eigenvalue weighted by atomic mass is 16.5. The van der Waals surface area contributed by atoms with Crippen molar-refractivity contribution >= 4 is 30.0 Å². The first-order valence-electron chi connectivity index (χ1n) is 14.9. The Morgan fingerprint density at radius 3 is 1.86 bits per heavy atom. The van der Waals surface area contributed by atoms with Crippen molar-refractivity contribution in [1.29, 1.82) is 0 Å². The van der Waals surface area contributed by atoms with E-state index in [0.29, 0.717) is 25.2 Å². The molecular weight excluding hydrogens is 548 g/mol. The molecule has 10 heteroatoms. The molecule has 0 aliphatic heterocycles. The summed E-state index contributed by atoms with van der Waals surface area (Å²) in [5.41, 5.74) is 6.53. The molecule has 5 N–H and O–H groups in total. The molecule has 0 saturated heterocycles. The number of nitrogens with one attached hydrogen (secondary N) is 3. The lowest BCUT2D eigenvalue weighted by Crippen LogP contribution is -2.54. The number of Topliss-reactive ketones (excluding diaryl/α,β-unsaturated/α-hetero) is 1. The fraction of sp³-hybridized carbons (Fsp3) is 0.667. The molecule has 0 radical (unpaired) electrons. The van der Waals surface area contributed by atoms with Crippen LogP contribution in [-0.2, 0) is 30.5 Å². The van der Waals surface area contributed by atoms with Gasteiger partial charge in [0.2, 0.25) is 11.8 Å². The summed E-state index contributed by atoms with van der Waals surface area (Å²) in [5, 5.41) is 8.08. The fourth-order valence-electron chi connectivity index (χ4n) is 3.89. The van der Waals surface area contributed by atoms with Crippen LogP contribution < -0.4 is 21.7 Å². The van der Waals surface area contributed by atoms with Gasteiger partial charge in [0, 0.05) is 0 Å². The maximum atomic E-state index is 12.7. The van der Waals surface area contributed by atoms with Gasteiger partial charge in [0.25, 0.3) is 0 Å². The van der Waals surface area contributed by atoms with Gasteiger partial charge in [0.15, 0.2) is 5.78 Å². The van der Waals surface area contributed by atoms with E-state index >= 15 is 0 Å². The molecule has 1 rings (SSSR count). The number of hydrogen-bond acceptors (Lipinski definition) is 7. The van der Waals surface area contributed by atoms with E-state index in [9.17, 15) is 24.0 Å². The van der Waals surface area contributed by atoms with Crippen LogP contribution in [0.15, 0.2) is 30.3 Å². The first kappa shape index (κ1) is 41.9. The van der Waals surface area contributed by atoms with Gasteiger partial charge in [-0.1, -0.05) is 99.6 Å². The second-order valence-electron chi connectivity index (χ2n) is 12.0. The molecule has 1 aromatic rings. The van der Waals surface area contributed by atoms with Crippen LogP contribution in [0.5, 0.6) is 0 Å². The Morgan fingerprint density at radius 2 is 1.42 bits per heavy atom. The predicted molar refractivity (Wildman–Crippen MR) is 172 cm³/mol. The maximum Gasteiger partial charge on any atom is 0.408 e. The first-order chi connectivity index (χ1) is 19.6. The molecule has 0 aliphatic carbocycles. The van der Waals surface area contributed by atoms with Crippen molar-refractivity contribution in [2.75, 3.05) is 0 Å². The molecule has 0 saturated carbocycles. The monoisotopic (exact) mass is 606 g/mol. The van der Waals surface area contributed by atoms with Gasteiger partial charge in [0.05, 0.1) is 18.1 Å². The number of ketones is 1. The number of alkyl carbamates (subject to hydrolysis) is 1. The van der Waals surface area contributed by atoms with E-state index in [4.69, 9.17) is 10.5 Å². The molecule has 10 nitrogen and oxygen atoms in total. The highest BCUT2D eigenvalue weighted by Crippen LogP contribution is 2.12. The lowest BCUT2D eigenvalue weighted by Gasteiger charge is -2.26. The maximum absolute atomic E-state index is 12.7. The molecule has 5 atom stereocenters. The Labute approximate surface area is 259 Å². The Kier molecular flexibility index (Phi) is 21.7. The molecule has 0 bridgehead atoms. The summed E-state index contributed by atoms with van der Waals surface area (Å²) < 4.78 is 5.22. The molecule has 0 unspecified atom stereocenters. The molecule has 0 heterocycles. The lowest BCUT2D eigenvalue weighted by molar-refractivity contribution is -0.129. The van der Waals surface area contributed by atoms with Crippen LogP contribution in [0, 0.1) is 23.7 Å². The van der Waals surface area contributed by atoms with E-state index in [0.717, 1.165) is 11.8 Å². The molecule has 43 heavy (non-hydrogen) atoms. The summed E-state index contributed by atoms with van der Waals surface area (Å²) in [4.78, 5) is 59.0. The van der Waals surface area contributed by atoms with Crippen molar-refractivity contribution < 1.29 is 28.7 Å². The number of aldehydes is 1. The van der Waals surface area contributed by atoms with E-state index < -0.39 is 30.3 Å². The van der Waals surface area contributed by atoms with Crippen LogP contribution in [0.1, 0.15) is 94.6 Å². The number of benzene rings is 1. The molecule has 246 valence electrons. The Morgan fingerprint density at radius 1 is 0.860 bits per heavy atom. The highest BCUT2D eigenvalue weighted by Gasteiger charge is 2.29. The van der Waals surface area contributed by atoms with E-state index in [-0.39, 0.29) is 49.4 Å². The van der Waals surface area contributed by atoms with Crippen LogP contribution in [0.2, 0.25) is 0 Å². The van der Waals surface area contributed by atoms with Crippen LogP contribution in [0.25, 0.3) is 0 Å². The minimum Gasteiger partial charge on any atom is -0.445 e. The van der Waals surface area contributed by atoms with Gasteiger partial charge >= 0.3 is 6.09 Å². The van der Waals surface area contributed by atoms with E-state index in [1.807, 2.05) is 85.7 Å². The largest absolute Gasteiger partial charge is 0.445 e. The normalized spacial score (nSPS) is 14.2. The number of amides is 3. The lowest BCUT2D eigenvalue weighted by atomic mass is 9.96. The molecule has 0 fully saturated rings. The van der Waals surface area contributed by atoms with Crippen LogP contribution in [-0.4, -0.2) is 54.1 Å². The van der Waals surface area contributed by atoms with Crippen molar-refractivity contribution in [2.24, 2.45) is 29.4 Å². The van der Waals surface area contributed by atoms with Gasteiger partial charge in [-0.3, -0.25) is 14.4 Å². The second kappa shape index (κ2) is 22.3.